The van der Waals surface area contributed by atoms with Crippen LogP contribution in [0.3, 0.4) is 0 Å². The smallest absolute Gasteiger partial charge is 0.246 e. The zero-order chi connectivity index (χ0) is 15.6. The number of amides is 1. The van der Waals surface area contributed by atoms with Gasteiger partial charge in [-0.1, -0.05) is 11.6 Å². The zero-order valence-corrected chi connectivity index (χ0v) is 13.6. The van der Waals surface area contributed by atoms with Crippen molar-refractivity contribution in [2.75, 3.05) is 37.5 Å². The lowest BCUT2D eigenvalue weighted by molar-refractivity contribution is -0.117. The van der Waals surface area contributed by atoms with Crippen molar-refractivity contribution in [3.63, 3.8) is 0 Å². The molecule has 1 aromatic carbocycles. The molecule has 1 heterocycles. The van der Waals surface area contributed by atoms with Crippen molar-refractivity contribution in [2.24, 2.45) is 0 Å². The van der Waals surface area contributed by atoms with E-state index in [9.17, 15) is 4.79 Å². The summed E-state index contributed by atoms with van der Waals surface area (Å²) in [6, 6.07) is 3.77. The van der Waals surface area contributed by atoms with Crippen LogP contribution in [0.15, 0.2) is 12.1 Å². The fourth-order valence-electron chi connectivity index (χ4n) is 2.62. The van der Waals surface area contributed by atoms with Crippen LogP contribution >= 0.6 is 11.6 Å². The van der Waals surface area contributed by atoms with Crippen LogP contribution < -0.4 is 15.5 Å². The van der Waals surface area contributed by atoms with Crippen molar-refractivity contribution in [1.29, 1.82) is 0 Å². The van der Waals surface area contributed by atoms with E-state index in [1.54, 1.807) is 14.2 Å². The average molecular weight is 312 g/mol. The minimum atomic E-state index is -0.335. The predicted octanol–water partition coefficient (Wildman–Crippen LogP) is 2.41. The lowest BCUT2D eigenvalue weighted by Gasteiger charge is -2.30. The van der Waals surface area contributed by atoms with Crippen molar-refractivity contribution in [2.45, 2.75) is 25.9 Å². The SMILES string of the molecule is CNC1C(=O)Nc2cc(N(CCOC)C(C)C)c(Cl)cc21. The Bertz CT molecular complexity index is 534. The lowest BCUT2D eigenvalue weighted by Crippen LogP contribution is -2.34. The quantitative estimate of drug-likeness (QED) is 0.847. The van der Waals surface area contributed by atoms with Crippen LogP contribution in [0.5, 0.6) is 0 Å². The van der Waals surface area contributed by atoms with E-state index < -0.39 is 0 Å². The molecule has 5 nitrogen and oxygen atoms in total. The van der Waals surface area contributed by atoms with Gasteiger partial charge in [-0.25, -0.2) is 0 Å². The number of hydrogen-bond donors (Lipinski definition) is 2. The van der Waals surface area contributed by atoms with Gasteiger partial charge in [0.1, 0.15) is 6.04 Å². The van der Waals surface area contributed by atoms with Crippen LogP contribution in [0.4, 0.5) is 11.4 Å². The number of carbonyl (C=O) groups excluding carboxylic acids is 1. The minimum absolute atomic E-state index is 0.0475. The van der Waals surface area contributed by atoms with Crippen molar-refractivity contribution in [1.82, 2.24) is 5.32 Å². The molecular formula is C15H22ClN3O2. The highest BCUT2D eigenvalue weighted by Crippen LogP contribution is 2.39. The van der Waals surface area contributed by atoms with Gasteiger partial charge in [-0.3, -0.25) is 4.79 Å². The number of rotatable bonds is 6. The Morgan fingerprint density at radius 3 is 2.76 bits per heavy atom. The normalized spacial score (nSPS) is 17.0. The molecule has 21 heavy (non-hydrogen) atoms. The summed E-state index contributed by atoms with van der Waals surface area (Å²) in [5, 5.41) is 6.54. The Morgan fingerprint density at radius 2 is 2.19 bits per heavy atom. The highest BCUT2D eigenvalue weighted by molar-refractivity contribution is 6.33. The molecule has 0 saturated carbocycles. The van der Waals surface area contributed by atoms with Crippen LogP contribution in [0.2, 0.25) is 5.02 Å². The number of ether oxygens (including phenoxy) is 1. The first kappa shape index (κ1) is 16.1. The second kappa shape index (κ2) is 6.64. The number of methoxy groups -OCH3 is 1. The van der Waals surface area contributed by atoms with Crippen molar-refractivity contribution in [3.05, 3.63) is 22.7 Å². The summed E-state index contributed by atoms with van der Waals surface area (Å²) in [7, 11) is 3.45. The molecule has 0 saturated heterocycles. The number of nitrogens with one attached hydrogen (secondary N) is 2. The summed E-state index contributed by atoms with van der Waals surface area (Å²) in [5.74, 6) is -0.0475. The lowest BCUT2D eigenvalue weighted by atomic mass is 10.1. The number of carbonyl (C=O) groups is 1. The van der Waals surface area contributed by atoms with E-state index in [1.807, 2.05) is 12.1 Å². The first-order valence-electron chi connectivity index (χ1n) is 7.06. The number of anilines is 2. The van der Waals surface area contributed by atoms with E-state index in [2.05, 4.69) is 29.4 Å². The van der Waals surface area contributed by atoms with Gasteiger partial charge in [0.05, 0.1) is 17.3 Å². The van der Waals surface area contributed by atoms with Crippen LogP contribution in [-0.4, -0.2) is 39.3 Å². The molecule has 0 fully saturated rings. The molecule has 1 aliphatic rings. The third kappa shape index (κ3) is 3.15. The van der Waals surface area contributed by atoms with Gasteiger partial charge in [-0.05, 0) is 33.0 Å². The second-order valence-electron chi connectivity index (χ2n) is 5.38. The van der Waals surface area contributed by atoms with Gasteiger partial charge in [-0.15, -0.1) is 0 Å². The standard InChI is InChI=1S/C15H22ClN3O2/c1-9(2)19(5-6-21-4)13-8-12-10(7-11(13)16)14(17-3)15(20)18-12/h7-9,14,17H,5-6H2,1-4H3,(H,18,20). The molecule has 0 spiro atoms. The molecule has 0 aliphatic carbocycles. The molecule has 0 aromatic heterocycles. The molecular weight excluding hydrogens is 290 g/mol. The van der Waals surface area contributed by atoms with Gasteiger partial charge in [0.2, 0.25) is 5.91 Å². The van der Waals surface area contributed by atoms with E-state index in [0.717, 1.165) is 23.5 Å². The van der Waals surface area contributed by atoms with E-state index in [1.165, 1.54) is 0 Å². The first-order chi connectivity index (χ1) is 9.99. The van der Waals surface area contributed by atoms with Crippen LogP contribution in [0.1, 0.15) is 25.5 Å². The Labute approximate surface area is 130 Å². The third-order valence-corrected chi connectivity index (χ3v) is 4.01. The maximum Gasteiger partial charge on any atom is 0.246 e. The maximum absolute atomic E-state index is 11.9. The Kier molecular flexibility index (Phi) is 5.08. The van der Waals surface area contributed by atoms with Gasteiger partial charge in [-0.2, -0.15) is 0 Å². The maximum atomic E-state index is 11.9. The second-order valence-corrected chi connectivity index (χ2v) is 5.79. The first-order valence-corrected chi connectivity index (χ1v) is 7.44. The summed E-state index contributed by atoms with van der Waals surface area (Å²) in [6.07, 6.45) is 0. The minimum Gasteiger partial charge on any atom is -0.383 e. The van der Waals surface area contributed by atoms with Gasteiger partial charge in [0.25, 0.3) is 0 Å². The van der Waals surface area contributed by atoms with Gasteiger partial charge >= 0.3 is 0 Å². The molecule has 6 heteroatoms. The Morgan fingerprint density at radius 1 is 1.48 bits per heavy atom. The zero-order valence-electron chi connectivity index (χ0n) is 12.9. The molecule has 1 atom stereocenters. The molecule has 0 bridgehead atoms. The molecule has 1 amide bonds. The topological polar surface area (TPSA) is 53.6 Å². The van der Waals surface area contributed by atoms with Crippen LogP contribution in [0, 0.1) is 0 Å². The largest absolute Gasteiger partial charge is 0.383 e. The average Bonchev–Trinajstić information content (AvgIpc) is 2.73. The van der Waals surface area contributed by atoms with Gasteiger partial charge in [0, 0.05) is 30.9 Å². The highest BCUT2D eigenvalue weighted by Gasteiger charge is 2.31. The molecule has 0 radical (unpaired) electrons. The molecule has 116 valence electrons. The number of fused-ring (bicyclic) bond motifs is 1. The molecule has 1 unspecified atom stereocenters. The molecule has 2 rings (SSSR count). The number of halogens is 1. The summed E-state index contributed by atoms with van der Waals surface area (Å²) in [5.41, 5.74) is 2.63. The Balaban J connectivity index is 2.38. The van der Waals surface area contributed by atoms with Crippen LogP contribution in [-0.2, 0) is 9.53 Å². The Hall–Kier alpha value is -1.30. The van der Waals surface area contributed by atoms with Crippen LogP contribution in [0.25, 0.3) is 0 Å². The molecule has 2 N–H and O–H groups in total. The number of hydrogen-bond acceptors (Lipinski definition) is 4. The molecule has 1 aromatic rings. The number of benzene rings is 1. The summed E-state index contributed by atoms with van der Waals surface area (Å²) < 4.78 is 5.16. The summed E-state index contributed by atoms with van der Waals surface area (Å²) in [6.45, 7) is 5.58. The van der Waals surface area contributed by atoms with E-state index in [-0.39, 0.29) is 18.0 Å². The van der Waals surface area contributed by atoms with Gasteiger partial charge < -0.3 is 20.3 Å². The number of likely N-dealkylation sites (N-methyl/N-ethyl adjacent to an activating group) is 1. The van der Waals surface area contributed by atoms with E-state index >= 15 is 0 Å². The number of nitrogens with zero attached hydrogens (tertiary/aromatic N) is 1. The van der Waals surface area contributed by atoms with Crippen molar-refractivity contribution in [3.8, 4) is 0 Å². The van der Waals surface area contributed by atoms with E-state index in [0.29, 0.717) is 11.6 Å². The fourth-order valence-corrected chi connectivity index (χ4v) is 2.90. The van der Waals surface area contributed by atoms with E-state index in [4.69, 9.17) is 16.3 Å². The fraction of sp³-hybridized carbons (Fsp3) is 0.533. The summed E-state index contributed by atoms with van der Waals surface area (Å²) >= 11 is 6.45. The monoisotopic (exact) mass is 311 g/mol. The predicted molar refractivity (Wildman–Crippen MR) is 86.2 cm³/mol. The highest BCUT2D eigenvalue weighted by atomic mass is 35.5. The summed E-state index contributed by atoms with van der Waals surface area (Å²) in [4.78, 5) is 14.1. The van der Waals surface area contributed by atoms with Crippen molar-refractivity contribution < 1.29 is 9.53 Å². The van der Waals surface area contributed by atoms with Gasteiger partial charge in [0.15, 0.2) is 0 Å². The molecule has 1 aliphatic heterocycles. The van der Waals surface area contributed by atoms with Crippen molar-refractivity contribution >= 4 is 28.9 Å². The third-order valence-electron chi connectivity index (χ3n) is 3.71.